The van der Waals surface area contributed by atoms with Gasteiger partial charge in [-0.25, -0.2) is 9.98 Å². The Morgan fingerprint density at radius 2 is 2.20 bits per heavy atom. The number of hydrogen-bond donors (Lipinski definition) is 2. The highest BCUT2D eigenvalue weighted by Gasteiger charge is 2.20. The molecule has 2 aromatic heterocycles. The second-order valence-electron chi connectivity index (χ2n) is 6.42. The third-order valence-electron chi connectivity index (χ3n) is 4.50. The van der Waals surface area contributed by atoms with Crippen LogP contribution in [0.25, 0.3) is 16.6 Å². The minimum Gasteiger partial charge on any atom is -0.368 e. The maximum atomic E-state index is 13.4. The van der Waals surface area contributed by atoms with E-state index >= 15 is 0 Å². The largest absolute Gasteiger partial charge is 0.368 e. The van der Waals surface area contributed by atoms with Crippen molar-refractivity contribution in [1.29, 1.82) is 5.26 Å². The Balaban J connectivity index is 2.25. The first-order valence-electron chi connectivity index (χ1n) is 9.20. The molecule has 0 fully saturated rings. The molecule has 0 aliphatic heterocycles. The van der Waals surface area contributed by atoms with Crippen LogP contribution in [0.3, 0.4) is 0 Å². The summed E-state index contributed by atoms with van der Waals surface area (Å²) in [6.45, 7) is 5.42. The molecule has 0 saturated carbocycles. The van der Waals surface area contributed by atoms with Gasteiger partial charge < -0.3 is 11.1 Å². The van der Waals surface area contributed by atoms with Crippen LogP contribution in [0, 0.1) is 11.3 Å². The number of nitrogens with two attached hydrogens (primary N) is 1. The zero-order valence-electron chi connectivity index (χ0n) is 16.7. The fourth-order valence-corrected chi connectivity index (χ4v) is 3.42. The van der Waals surface area contributed by atoms with Gasteiger partial charge in [0, 0.05) is 6.21 Å². The van der Waals surface area contributed by atoms with Crippen molar-refractivity contribution >= 4 is 46.2 Å². The van der Waals surface area contributed by atoms with E-state index in [1.165, 1.54) is 10.8 Å². The van der Waals surface area contributed by atoms with Gasteiger partial charge in [-0.15, -0.1) is 0 Å². The predicted octanol–water partition coefficient (Wildman–Crippen LogP) is 3.98. The van der Waals surface area contributed by atoms with E-state index in [0.29, 0.717) is 27.3 Å². The summed E-state index contributed by atoms with van der Waals surface area (Å²) in [6, 6.07) is 8.76. The molecule has 8 nitrogen and oxygen atoms in total. The zero-order valence-corrected chi connectivity index (χ0v) is 17.5. The molecule has 0 aliphatic carbocycles. The number of hydrogen-bond acceptors (Lipinski definition) is 7. The van der Waals surface area contributed by atoms with Crippen molar-refractivity contribution in [3.8, 4) is 6.07 Å². The number of anilines is 2. The Labute approximate surface area is 178 Å². The molecule has 0 radical (unpaired) electrons. The summed E-state index contributed by atoms with van der Waals surface area (Å²) in [7, 11) is 0. The van der Waals surface area contributed by atoms with E-state index in [4.69, 9.17) is 17.3 Å². The Morgan fingerprint density at radius 1 is 1.43 bits per heavy atom. The van der Waals surface area contributed by atoms with Crippen LogP contribution in [0.2, 0.25) is 5.02 Å². The molecular weight excluding hydrogens is 402 g/mol. The number of benzene rings is 1. The van der Waals surface area contributed by atoms with E-state index in [-0.39, 0.29) is 22.9 Å². The number of nitriles is 1. The molecule has 152 valence electrons. The van der Waals surface area contributed by atoms with Crippen LogP contribution in [0.15, 0.2) is 46.3 Å². The van der Waals surface area contributed by atoms with Crippen molar-refractivity contribution in [3.05, 3.63) is 63.2 Å². The van der Waals surface area contributed by atoms with E-state index in [1.54, 1.807) is 38.3 Å². The fraction of sp³-hybridized carbons (Fsp3) is 0.190. The number of aliphatic imine (C=N–C) groups is 1. The average Bonchev–Trinajstić information content (AvgIpc) is 2.72. The Hall–Kier alpha value is -3.70. The van der Waals surface area contributed by atoms with E-state index < -0.39 is 6.04 Å². The predicted molar refractivity (Wildman–Crippen MR) is 121 cm³/mol. The number of allylic oxidation sites excluding steroid dienone is 1. The van der Waals surface area contributed by atoms with Gasteiger partial charge in [0.15, 0.2) is 0 Å². The molecule has 3 aromatic rings. The van der Waals surface area contributed by atoms with Crippen molar-refractivity contribution in [2.45, 2.75) is 26.8 Å². The van der Waals surface area contributed by atoms with Crippen LogP contribution < -0.4 is 16.6 Å². The van der Waals surface area contributed by atoms with Crippen LogP contribution in [-0.2, 0) is 0 Å². The second-order valence-corrected chi connectivity index (χ2v) is 6.82. The van der Waals surface area contributed by atoms with Gasteiger partial charge in [-0.3, -0.25) is 9.36 Å². The van der Waals surface area contributed by atoms with Gasteiger partial charge in [0.1, 0.15) is 23.3 Å². The van der Waals surface area contributed by atoms with E-state index in [0.717, 1.165) is 0 Å². The molecule has 2 heterocycles. The molecule has 3 rings (SSSR count). The number of nitrogen functional groups attached to an aromatic ring is 1. The van der Waals surface area contributed by atoms with Crippen molar-refractivity contribution in [1.82, 2.24) is 14.5 Å². The number of pyridine rings is 1. The summed E-state index contributed by atoms with van der Waals surface area (Å²) < 4.78 is 1.50. The number of nitrogens with one attached hydrogen (secondary N) is 1. The van der Waals surface area contributed by atoms with Gasteiger partial charge in [0.25, 0.3) is 5.56 Å². The van der Waals surface area contributed by atoms with Gasteiger partial charge in [0.2, 0.25) is 5.95 Å². The quantitative estimate of drug-likeness (QED) is 0.600. The normalized spacial score (nSPS) is 12.8. The van der Waals surface area contributed by atoms with Gasteiger partial charge in [0.05, 0.1) is 28.3 Å². The van der Waals surface area contributed by atoms with Crippen molar-refractivity contribution in [3.63, 3.8) is 0 Å². The molecule has 3 N–H and O–H groups in total. The number of aromatic nitrogens is 3. The number of fused-ring (bicyclic) bond motifs is 1. The number of nitrogens with zero attached hydrogens (tertiary/aromatic N) is 5. The molecule has 0 saturated heterocycles. The van der Waals surface area contributed by atoms with Crippen LogP contribution in [-0.4, -0.2) is 20.7 Å². The molecule has 30 heavy (non-hydrogen) atoms. The minimum absolute atomic E-state index is 0.0381. The summed E-state index contributed by atoms with van der Waals surface area (Å²) in [5.41, 5.74) is 6.25. The third kappa shape index (κ3) is 3.88. The van der Waals surface area contributed by atoms with E-state index in [1.807, 2.05) is 25.1 Å². The maximum absolute atomic E-state index is 13.4. The lowest BCUT2D eigenvalue weighted by atomic mass is 10.1. The maximum Gasteiger partial charge on any atom is 0.265 e. The van der Waals surface area contributed by atoms with Crippen LogP contribution in [0.1, 0.15) is 38.1 Å². The lowest BCUT2D eigenvalue weighted by Gasteiger charge is -2.22. The van der Waals surface area contributed by atoms with Crippen molar-refractivity contribution < 1.29 is 0 Å². The molecule has 9 heteroatoms. The van der Waals surface area contributed by atoms with E-state index in [9.17, 15) is 10.1 Å². The first-order valence-corrected chi connectivity index (χ1v) is 9.57. The van der Waals surface area contributed by atoms with Crippen LogP contribution >= 0.6 is 11.6 Å². The van der Waals surface area contributed by atoms with Crippen LogP contribution in [0.5, 0.6) is 0 Å². The molecule has 0 spiro atoms. The topological polar surface area (TPSA) is 122 Å². The molecule has 1 aromatic carbocycles. The molecule has 1 atom stereocenters. The highest BCUT2D eigenvalue weighted by Crippen LogP contribution is 2.27. The summed E-state index contributed by atoms with van der Waals surface area (Å²) in [6.07, 6.45) is 4.70. The first-order chi connectivity index (χ1) is 14.4. The minimum atomic E-state index is -0.426. The van der Waals surface area contributed by atoms with Crippen molar-refractivity contribution in [2.75, 3.05) is 11.1 Å². The molecule has 0 bridgehead atoms. The van der Waals surface area contributed by atoms with Gasteiger partial charge in [-0.05, 0) is 44.4 Å². The number of halogens is 1. The average molecular weight is 422 g/mol. The highest BCUT2D eigenvalue weighted by molar-refractivity contribution is 6.35. The summed E-state index contributed by atoms with van der Waals surface area (Å²) in [5.74, 6) is 0.774. The van der Waals surface area contributed by atoms with Gasteiger partial charge >= 0.3 is 0 Å². The fourth-order valence-electron chi connectivity index (χ4n) is 3.15. The standard InChI is InChI=1S/C21H20ClN7O/c1-4-17(25-5-2)29-16(9-13-7-6-8-15(22)18(13)20(29)30)12(3)27-19-14(10-23)11-26-21(24)28-19/h4-9,11-12H,1-3H3,(H3,24,26,27,28)/b17-4+,25-5?/t12-/m0/s1. The summed E-state index contributed by atoms with van der Waals surface area (Å²) in [5, 5.41) is 14.0. The lowest BCUT2D eigenvalue weighted by Crippen LogP contribution is -2.26. The van der Waals surface area contributed by atoms with Gasteiger partial charge in [-0.1, -0.05) is 23.7 Å². The first kappa shape index (κ1) is 21.0. The summed E-state index contributed by atoms with van der Waals surface area (Å²) >= 11 is 6.32. The van der Waals surface area contributed by atoms with Gasteiger partial charge in [-0.2, -0.15) is 10.2 Å². The molecule has 0 unspecified atom stereocenters. The lowest BCUT2D eigenvalue weighted by molar-refractivity contribution is 0.775. The Kier molecular flexibility index (Phi) is 6.14. The highest BCUT2D eigenvalue weighted by atomic mass is 35.5. The zero-order chi connectivity index (χ0) is 21.8. The van der Waals surface area contributed by atoms with E-state index in [2.05, 4.69) is 20.3 Å². The number of rotatable bonds is 5. The molecule has 0 amide bonds. The Morgan fingerprint density at radius 3 is 2.87 bits per heavy atom. The Bertz CT molecular complexity index is 1270. The monoisotopic (exact) mass is 421 g/mol. The van der Waals surface area contributed by atoms with Crippen molar-refractivity contribution in [2.24, 2.45) is 4.99 Å². The SMILES string of the molecule is CC=N/C(=C\C)n1c([C@H](C)Nc2nc(N)ncc2C#N)cc2cccc(Cl)c2c1=O. The van der Waals surface area contributed by atoms with Crippen LogP contribution in [0.4, 0.5) is 11.8 Å². The third-order valence-corrected chi connectivity index (χ3v) is 4.81. The smallest absolute Gasteiger partial charge is 0.265 e. The molecular formula is C21H20ClN7O. The second kappa shape index (κ2) is 8.76. The molecule has 0 aliphatic rings. The summed E-state index contributed by atoms with van der Waals surface area (Å²) in [4.78, 5) is 25.7.